The molecule has 1 aromatic carbocycles. The number of ether oxygens (including phenoxy) is 1. The predicted octanol–water partition coefficient (Wildman–Crippen LogP) is 1.64. The molecule has 1 aliphatic rings. The van der Waals surface area contributed by atoms with Crippen molar-refractivity contribution in [1.29, 1.82) is 0 Å². The van der Waals surface area contributed by atoms with Crippen molar-refractivity contribution < 1.29 is 23.9 Å². The molecule has 0 spiro atoms. The minimum Gasteiger partial charge on any atom is -0.466 e. The van der Waals surface area contributed by atoms with Crippen LogP contribution in [0.3, 0.4) is 0 Å². The van der Waals surface area contributed by atoms with Crippen LogP contribution in [0.5, 0.6) is 0 Å². The van der Waals surface area contributed by atoms with Gasteiger partial charge in [-0.25, -0.2) is 0 Å². The van der Waals surface area contributed by atoms with Crippen LogP contribution in [0, 0.1) is 0 Å². The molecular formula is C19H22N2O5. The number of hydrogen-bond acceptors (Lipinski definition) is 5. The molecule has 7 heteroatoms. The summed E-state index contributed by atoms with van der Waals surface area (Å²) >= 11 is 0. The first-order valence-corrected chi connectivity index (χ1v) is 8.44. The maximum Gasteiger partial charge on any atom is 0.307 e. The Kier molecular flexibility index (Phi) is 6.27. The van der Waals surface area contributed by atoms with E-state index in [1.807, 2.05) is 0 Å². The van der Waals surface area contributed by atoms with Crippen molar-refractivity contribution >= 4 is 23.7 Å². The minimum atomic E-state index is -0.982. The van der Waals surface area contributed by atoms with Crippen molar-refractivity contribution in [2.24, 2.45) is 0 Å². The van der Waals surface area contributed by atoms with Gasteiger partial charge in [0.2, 0.25) is 5.91 Å². The second-order valence-electron chi connectivity index (χ2n) is 5.83. The lowest BCUT2D eigenvalue weighted by Gasteiger charge is -2.28. The fraction of sp³-hybridized carbons (Fsp3) is 0.368. The number of nitrogens with zero attached hydrogens (tertiary/aromatic N) is 2. The summed E-state index contributed by atoms with van der Waals surface area (Å²) in [5, 5.41) is 0. The van der Waals surface area contributed by atoms with Crippen LogP contribution in [-0.2, 0) is 14.3 Å². The van der Waals surface area contributed by atoms with Gasteiger partial charge in [0.05, 0.1) is 24.2 Å². The Hall–Kier alpha value is -2.96. The number of hydrogen-bond donors (Lipinski definition) is 0. The average molecular weight is 358 g/mol. The van der Waals surface area contributed by atoms with Gasteiger partial charge in [0.25, 0.3) is 11.8 Å². The van der Waals surface area contributed by atoms with Crippen LogP contribution in [0.25, 0.3) is 0 Å². The van der Waals surface area contributed by atoms with Gasteiger partial charge in [-0.1, -0.05) is 18.2 Å². The van der Waals surface area contributed by atoms with Gasteiger partial charge in [0.1, 0.15) is 6.04 Å². The molecule has 1 heterocycles. The van der Waals surface area contributed by atoms with Gasteiger partial charge in [0.15, 0.2) is 0 Å². The molecule has 2 rings (SSSR count). The van der Waals surface area contributed by atoms with Crippen LogP contribution in [0.1, 0.15) is 41.0 Å². The molecule has 1 unspecified atom stereocenters. The monoisotopic (exact) mass is 358 g/mol. The van der Waals surface area contributed by atoms with E-state index in [0.29, 0.717) is 11.1 Å². The summed E-state index contributed by atoms with van der Waals surface area (Å²) in [6, 6.07) is 5.49. The number of carbonyl (C=O) groups is 4. The van der Waals surface area contributed by atoms with E-state index in [1.165, 1.54) is 17.9 Å². The Morgan fingerprint density at radius 2 is 1.81 bits per heavy atom. The van der Waals surface area contributed by atoms with Crippen molar-refractivity contribution in [3.05, 3.63) is 48.0 Å². The minimum absolute atomic E-state index is 0.0300. The lowest BCUT2D eigenvalue weighted by atomic mass is 10.1. The fourth-order valence-corrected chi connectivity index (χ4v) is 2.84. The van der Waals surface area contributed by atoms with Crippen LogP contribution < -0.4 is 0 Å². The van der Waals surface area contributed by atoms with Gasteiger partial charge in [-0.2, -0.15) is 0 Å². The summed E-state index contributed by atoms with van der Waals surface area (Å²) in [7, 11) is 0. The summed E-state index contributed by atoms with van der Waals surface area (Å²) in [6.45, 7) is 7.40. The van der Waals surface area contributed by atoms with Crippen molar-refractivity contribution in [2.45, 2.75) is 26.3 Å². The highest BCUT2D eigenvalue weighted by atomic mass is 16.5. The second-order valence-corrected chi connectivity index (χ2v) is 5.83. The van der Waals surface area contributed by atoms with E-state index >= 15 is 0 Å². The van der Waals surface area contributed by atoms with E-state index < -0.39 is 29.7 Å². The molecule has 0 aliphatic carbocycles. The zero-order chi connectivity index (χ0) is 19.3. The highest BCUT2D eigenvalue weighted by Gasteiger charge is 2.41. The number of fused-ring (bicyclic) bond motifs is 1. The smallest absolute Gasteiger partial charge is 0.307 e. The summed E-state index contributed by atoms with van der Waals surface area (Å²) in [5.41, 5.74) is 0.581. The molecule has 1 aliphatic heterocycles. The van der Waals surface area contributed by atoms with Crippen LogP contribution in [0.4, 0.5) is 0 Å². The molecule has 0 saturated heterocycles. The van der Waals surface area contributed by atoms with E-state index in [-0.39, 0.29) is 26.1 Å². The van der Waals surface area contributed by atoms with Crippen LogP contribution in [-0.4, -0.2) is 59.2 Å². The highest BCUT2D eigenvalue weighted by Crippen LogP contribution is 2.25. The topological polar surface area (TPSA) is 84.0 Å². The van der Waals surface area contributed by atoms with Crippen LogP contribution in [0.15, 0.2) is 36.9 Å². The molecule has 0 saturated carbocycles. The van der Waals surface area contributed by atoms with E-state index in [2.05, 4.69) is 6.58 Å². The van der Waals surface area contributed by atoms with Gasteiger partial charge in [0, 0.05) is 13.1 Å². The molecule has 26 heavy (non-hydrogen) atoms. The Morgan fingerprint density at radius 3 is 2.31 bits per heavy atom. The molecular weight excluding hydrogens is 336 g/mol. The number of imide groups is 1. The molecule has 3 amide bonds. The molecule has 7 nitrogen and oxygen atoms in total. The Labute approximate surface area is 152 Å². The summed E-state index contributed by atoms with van der Waals surface area (Å²) in [5.74, 6) is -1.82. The Balaban J connectivity index is 2.13. The first-order chi connectivity index (χ1) is 12.4. The molecule has 138 valence electrons. The molecule has 1 aromatic rings. The summed E-state index contributed by atoms with van der Waals surface area (Å²) in [4.78, 5) is 51.8. The zero-order valence-electron chi connectivity index (χ0n) is 14.9. The fourth-order valence-electron chi connectivity index (χ4n) is 2.84. The number of carbonyl (C=O) groups excluding carboxylic acids is 4. The molecule has 0 bridgehead atoms. The Bertz CT molecular complexity index is 708. The van der Waals surface area contributed by atoms with Crippen LogP contribution in [0.2, 0.25) is 0 Å². The summed E-state index contributed by atoms with van der Waals surface area (Å²) < 4.78 is 4.87. The third kappa shape index (κ3) is 3.82. The number of amides is 3. The van der Waals surface area contributed by atoms with Crippen molar-refractivity contribution in [3.63, 3.8) is 0 Å². The molecule has 0 aromatic heterocycles. The quantitative estimate of drug-likeness (QED) is 0.401. The first-order valence-electron chi connectivity index (χ1n) is 8.44. The first kappa shape index (κ1) is 19.4. The van der Waals surface area contributed by atoms with Crippen molar-refractivity contribution in [3.8, 4) is 0 Å². The molecule has 0 radical (unpaired) electrons. The van der Waals surface area contributed by atoms with E-state index in [1.54, 1.807) is 31.2 Å². The zero-order valence-corrected chi connectivity index (χ0v) is 14.9. The van der Waals surface area contributed by atoms with Gasteiger partial charge in [-0.05, 0) is 26.0 Å². The van der Waals surface area contributed by atoms with Crippen molar-refractivity contribution in [2.75, 3.05) is 19.7 Å². The van der Waals surface area contributed by atoms with Crippen LogP contribution >= 0.6 is 0 Å². The number of esters is 1. The van der Waals surface area contributed by atoms with E-state index in [9.17, 15) is 19.2 Å². The standard InChI is InChI=1S/C19H22N2O5/c1-4-11-20(12-10-16(22)26-5-2)17(23)13(3)21-18(24)14-8-6-7-9-15(14)19(21)25/h4,6-9,13H,1,5,10-12H2,2-3H3. The largest absolute Gasteiger partial charge is 0.466 e. The number of rotatable bonds is 8. The second kappa shape index (κ2) is 8.42. The lowest BCUT2D eigenvalue weighted by Crippen LogP contribution is -2.50. The van der Waals surface area contributed by atoms with E-state index in [4.69, 9.17) is 4.74 Å². The molecule has 0 N–H and O–H groups in total. The Morgan fingerprint density at radius 1 is 1.23 bits per heavy atom. The van der Waals surface area contributed by atoms with Gasteiger partial charge >= 0.3 is 5.97 Å². The molecule has 1 atom stereocenters. The average Bonchev–Trinajstić information content (AvgIpc) is 2.89. The van der Waals surface area contributed by atoms with E-state index in [0.717, 1.165) is 4.90 Å². The predicted molar refractivity (Wildman–Crippen MR) is 94.4 cm³/mol. The maximum absolute atomic E-state index is 12.8. The van der Waals surface area contributed by atoms with Gasteiger partial charge < -0.3 is 9.64 Å². The van der Waals surface area contributed by atoms with Gasteiger partial charge in [-0.15, -0.1) is 6.58 Å². The van der Waals surface area contributed by atoms with Gasteiger partial charge in [-0.3, -0.25) is 24.1 Å². The normalized spacial score (nSPS) is 14.0. The maximum atomic E-state index is 12.8. The SMILES string of the molecule is C=CCN(CCC(=O)OCC)C(=O)C(C)N1C(=O)c2ccccc2C1=O. The highest BCUT2D eigenvalue weighted by molar-refractivity contribution is 6.22. The van der Waals surface area contributed by atoms with Crippen molar-refractivity contribution in [1.82, 2.24) is 9.80 Å². The third-order valence-corrected chi connectivity index (χ3v) is 4.12. The molecule has 0 fully saturated rings. The lowest BCUT2D eigenvalue weighted by molar-refractivity contribution is -0.144. The summed E-state index contributed by atoms with van der Waals surface area (Å²) in [6.07, 6.45) is 1.56. The third-order valence-electron chi connectivity index (χ3n) is 4.12. The number of benzene rings is 1.